The molecular weight excluding hydrogens is 292 g/mol. The maximum Gasteiger partial charge on any atom is 0.227 e. The van der Waals surface area contributed by atoms with Crippen LogP contribution in [0, 0.1) is 5.92 Å². The molecule has 3 fully saturated rings. The Labute approximate surface area is 140 Å². The molecular formula is C18H32N2O3. The van der Waals surface area contributed by atoms with Crippen molar-refractivity contribution < 1.29 is 14.3 Å². The van der Waals surface area contributed by atoms with Gasteiger partial charge in [-0.2, -0.15) is 0 Å². The van der Waals surface area contributed by atoms with E-state index < -0.39 is 0 Å². The summed E-state index contributed by atoms with van der Waals surface area (Å²) in [5, 5.41) is 0. The highest BCUT2D eigenvalue weighted by Gasteiger charge is 2.42. The third-order valence-electron chi connectivity index (χ3n) is 5.53. The number of hydrogen-bond acceptors (Lipinski definition) is 4. The van der Waals surface area contributed by atoms with E-state index in [9.17, 15) is 4.79 Å². The molecule has 0 bridgehead atoms. The van der Waals surface area contributed by atoms with Crippen molar-refractivity contribution in [1.82, 2.24) is 9.80 Å². The largest absolute Gasteiger partial charge is 0.352 e. The van der Waals surface area contributed by atoms with Crippen molar-refractivity contribution in [3.8, 4) is 0 Å². The van der Waals surface area contributed by atoms with Crippen LogP contribution in [0.1, 0.15) is 52.4 Å². The topological polar surface area (TPSA) is 42.0 Å². The first kappa shape index (κ1) is 17.2. The lowest BCUT2D eigenvalue weighted by atomic mass is 9.83. The number of carbonyl (C=O) groups excluding carboxylic acids is 1. The maximum atomic E-state index is 12.6. The lowest BCUT2D eigenvalue weighted by Crippen LogP contribution is -2.56. The number of fused-ring (bicyclic) bond motifs is 1. The van der Waals surface area contributed by atoms with Gasteiger partial charge in [-0.1, -0.05) is 0 Å². The van der Waals surface area contributed by atoms with E-state index in [1.54, 1.807) is 0 Å². The van der Waals surface area contributed by atoms with Crippen molar-refractivity contribution in [3.63, 3.8) is 0 Å². The molecule has 0 spiro atoms. The SMILES string of the molecule is CCOC(CC(=O)N1CC[C@H]2[C@@H](CCCN2C2CC2)C1)OCC. The van der Waals surface area contributed by atoms with E-state index in [2.05, 4.69) is 9.80 Å². The van der Waals surface area contributed by atoms with Crippen molar-refractivity contribution in [2.24, 2.45) is 5.92 Å². The fraction of sp³-hybridized carbons (Fsp3) is 0.944. The van der Waals surface area contributed by atoms with Gasteiger partial charge in [0.05, 0.1) is 6.42 Å². The summed E-state index contributed by atoms with van der Waals surface area (Å²) in [5.41, 5.74) is 0. The Balaban J connectivity index is 1.52. The average Bonchev–Trinajstić information content (AvgIpc) is 3.39. The van der Waals surface area contributed by atoms with Gasteiger partial charge in [0.15, 0.2) is 6.29 Å². The molecule has 0 radical (unpaired) electrons. The number of hydrogen-bond donors (Lipinski definition) is 0. The van der Waals surface area contributed by atoms with Crippen LogP contribution in [-0.4, -0.2) is 66.9 Å². The summed E-state index contributed by atoms with van der Waals surface area (Å²) in [6, 6.07) is 1.57. The average molecular weight is 324 g/mol. The minimum Gasteiger partial charge on any atom is -0.352 e. The van der Waals surface area contributed by atoms with Crippen LogP contribution in [-0.2, 0) is 14.3 Å². The summed E-state index contributed by atoms with van der Waals surface area (Å²) in [7, 11) is 0. The molecule has 0 aromatic carbocycles. The number of nitrogens with zero attached hydrogens (tertiary/aromatic N) is 2. The monoisotopic (exact) mass is 324 g/mol. The van der Waals surface area contributed by atoms with E-state index >= 15 is 0 Å². The minimum absolute atomic E-state index is 0.193. The third-order valence-corrected chi connectivity index (χ3v) is 5.53. The second-order valence-corrected chi connectivity index (χ2v) is 7.11. The highest BCUT2D eigenvalue weighted by molar-refractivity contribution is 5.76. The zero-order valence-corrected chi connectivity index (χ0v) is 14.7. The van der Waals surface area contributed by atoms with E-state index in [1.165, 1.54) is 32.2 Å². The fourth-order valence-corrected chi connectivity index (χ4v) is 4.34. The standard InChI is InChI=1S/C18H32N2O3/c1-3-22-18(23-4-2)12-17(21)19-11-9-16-14(13-19)6-5-10-20(16)15-7-8-15/h14-16,18H,3-13H2,1-2H3/t14-,16-/m0/s1. The molecule has 132 valence electrons. The van der Waals surface area contributed by atoms with Crippen molar-refractivity contribution in [2.45, 2.75) is 70.7 Å². The Kier molecular flexibility index (Phi) is 5.94. The number of amides is 1. The second-order valence-electron chi connectivity index (χ2n) is 7.11. The van der Waals surface area contributed by atoms with E-state index in [4.69, 9.17) is 9.47 Å². The van der Waals surface area contributed by atoms with Gasteiger partial charge in [0.2, 0.25) is 5.91 Å². The summed E-state index contributed by atoms with van der Waals surface area (Å²) in [6.07, 6.45) is 6.45. The van der Waals surface area contributed by atoms with E-state index in [0.29, 0.717) is 25.6 Å². The quantitative estimate of drug-likeness (QED) is 0.674. The molecule has 1 aliphatic carbocycles. The molecule has 23 heavy (non-hydrogen) atoms. The smallest absolute Gasteiger partial charge is 0.227 e. The van der Waals surface area contributed by atoms with Gasteiger partial charge < -0.3 is 14.4 Å². The van der Waals surface area contributed by atoms with Crippen molar-refractivity contribution >= 4 is 5.91 Å². The molecule has 1 saturated carbocycles. The predicted octanol–water partition coefficient (Wildman–Crippen LogP) is 2.25. The summed E-state index contributed by atoms with van der Waals surface area (Å²) in [6.45, 7) is 8.15. The van der Waals surface area contributed by atoms with Gasteiger partial charge in [-0.3, -0.25) is 9.69 Å². The Morgan fingerprint density at radius 3 is 2.48 bits per heavy atom. The van der Waals surface area contributed by atoms with Gasteiger partial charge in [0.1, 0.15) is 0 Å². The highest BCUT2D eigenvalue weighted by atomic mass is 16.7. The number of likely N-dealkylation sites (tertiary alicyclic amines) is 2. The van der Waals surface area contributed by atoms with E-state index in [1.807, 2.05) is 13.8 Å². The summed E-state index contributed by atoms with van der Waals surface area (Å²) in [5.74, 6) is 0.860. The van der Waals surface area contributed by atoms with Gasteiger partial charge in [-0.25, -0.2) is 0 Å². The zero-order valence-electron chi connectivity index (χ0n) is 14.7. The number of piperidine rings is 2. The van der Waals surface area contributed by atoms with Gasteiger partial charge >= 0.3 is 0 Å². The molecule has 2 aliphatic heterocycles. The summed E-state index contributed by atoms with van der Waals surface area (Å²) < 4.78 is 11.1. The van der Waals surface area contributed by atoms with Crippen LogP contribution in [0.25, 0.3) is 0 Å². The molecule has 5 heteroatoms. The van der Waals surface area contributed by atoms with Crippen LogP contribution in [0.5, 0.6) is 0 Å². The number of carbonyl (C=O) groups is 1. The van der Waals surface area contributed by atoms with E-state index in [0.717, 1.165) is 31.6 Å². The van der Waals surface area contributed by atoms with Gasteiger partial charge in [0.25, 0.3) is 0 Å². The first-order chi connectivity index (χ1) is 11.2. The number of ether oxygens (including phenoxy) is 2. The molecule has 3 rings (SSSR count). The van der Waals surface area contributed by atoms with Crippen LogP contribution in [0.15, 0.2) is 0 Å². The Morgan fingerprint density at radius 2 is 1.83 bits per heavy atom. The maximum absolute atomic E-state index is 12.6. The Hall–Kier alpha value is -0.650. The lowest BCUT2D eigenvalue weighted by molar-refractivity contribution is -0.161. The van der Waals surface area contributed by atoms with Crippen LogP contribution in [0.2, 0.25) is 0 Å². The third kappa shape index (κ3) is 4.25. The second kappa shape index (κ2) is 7.95. The molecule has 0 aromatic rings. The molecule has 2 saturated heterocycles. The van der Waals surface area contributed by atoms with Crippen LogP contribution >= 0.6 is 0 Å². The summed E-state index contributed by atoms with van der Waals surface area (Å²) >= 11 is 0. The predicted molar refractivity (Wildman–Crippen MR) is 89.1 cm³/mol. The van der Waals surface area contributed by atoms with Crippen molar-refractivity contribution in [1.29, 1.82) is 0 Å². The first-order valence-corrected chi connectivity index (χ1v) is 9.49. The van der Waals surface area contributed by atoms with E-state index in [-0.39, 0.29) is 12.2 Å². The molecule has 0 unspecified atom stereocenters. The van der Waals surface area contributed by atoms with Gasteiger partial charge in [-0.05, 0) is 58.4 Å². The molecule has 2 atom stereocenters. The van der Waals surface area contributed by atoms with Crippen molar-refractivity contribution in [2.75, 3.05) is 32.8 Å². The molecule has 0 aromatic heterocycles. The normalized spacial score (nSPS) is 28.9. The highest BCUT2D eigenvalue weighted by Crippen LogP contribution is 2.38. The fourth-order valence-electron chi connectivity index (χ4n) is 4.34. The van der Waals surface area contributed by atoms with Crippen molar-refractivity contribution in [3.05, 3.63) is 0 Å². The Bertz CT molecular complexity index is 394. The molecule has 1 amide bonds. The minimum atomic E-state index is -0.385. The van der Waals surface area contributed by atoms with Crippen LogP contribution in [0.3, 0.4) is 0 Å². The van der Waals surface area contributed by atoms with Gasteiger partial charge in [0, 0.05) is 38.4 Å². The Morgan fingerprint density at radius 1 is 1.09 bits per heavy atom. The molecule has 5 nitrogen and oxygen atoms in total. The van der Waals surface area contributed by atoms with Gasteiger partial charge in [-0.15, -0.1) is 0 Å². The lowest BCUT2D eigenvalue weighted by Gasteiger charge is -2.47. The summed E-state index contributed by atoms with van der Waals surface area (Å²) in [4.78, 5) is 17.4. The molecule has 3 aliphatic rings. The first-order valence-electron chi connectivity index (χ1n) is 9.49. The van der Waals surface area contributed by atoms with Crippen LogP contribution < -0.4 is 0 Å². The van der Waals surface area contributed by atoms with Crippen LogP contribution in [0.4, 0.5) is 0 Å². The molecule has 2 heterocycles. The number of rotatable bonds is 7. The molecule has 0 N–H and O–H groups in total. The zero-order chi connectivity index (χ0) is 16.2.